The van der Waals surface area contributed by atoms with E-state index in [0.717, 1.165) is 19.3 Å². The lowest BCUT2D eigenvalue weighted by atomic mass is 9.68. The Labute approximate surface area is 108 Å². The number of rotatable bonds is 6. The normalized spacial score (nSPS) is 17.7. The summed E-state index contributed by atoms with van der Waals surface area (Å²) in [7, 11) is 0. The largest absolute Gasteiger partial charge is 0.463 e. The third kappa shape index (κ3) is 4.35. The first kappa shape index (κ1) is 14.5. The fourth-order valence-corrected chi connectivity index (χ4v) is 1.82. The van der Waals surface area contributed by atoms with E-state index >= 15 is 0 Å². The quantitative estimate of drug-likeness (QED) is 0.538. The zero-order chi connectivity index (χ0) is 13.4. The maximum absolute atomic E-state index is 11.2. The minimum atomic E-state index is -0.340. The molecule has 0 N–H and O–H groups in total. The van der Waals surface area contributed by atoms with Crippen LogP contribution in [-0.2, 0) is 19.1 Å². The van der Waals surface area contributed by atoms with Gasteiger partial charge in [0.15, 0.2) is 0 Å². The van der Waals surface area contributed by atoms with Gasteiger partial charge >= 0.3 is 11.9 Å². The Morgan fingerprint density at radius 2 is 1.44 bits per heavy atom. The fraction of sp³-hybridized carbons (Fsp3) is 0.571. The lowest BCUT2D eigenvalue weighted by Gasteiger charge is -2.36. The van der Waals surface area contributed by atoms with Gasteiger partial charge in [-0.2, -0.15) is 0 Å². The van der Waals surface area contributed by atoms with Gasteiger partial charge in [-0.1, -0.05) is 18.6 Å². The van der Waals surface area contributed by atoms with Crippen LogP contribution in [0, 0.1) is 5.41 Å². The van der Waals surface area contributed by atoms with E-state index in [-0.39, 0.29) is 17.4 Å². The van der Waals surface area contributed by atoms with E-state index in [4.69, 9.17) is 9.47 Å². The number of carbonyl (C=O) groups excluding carboxylic acids is 2. The van der Waals surface area contributed by atoms with Gasteiger partial charge in [0.05, 0.1) is 13.2 Å². The van der Waals surface area contributed by atoms with E-state index in [9.17, 15) is 9.59 Å². The molecule has 0 spiro atoms. The maximum Gasteiger partial charge on any atom is 0.330 e. The molecule has 0 atom stereocenters. The van der Waals surface area contributed by atoms with Crippen LogP contribution in [0.25, 0.3) is 0 Å². The molecule has 100 valence electrons. The Bertz CT molecular complexity index is 321. The molecule has 0 heterocycles. The lowest BCUT2D eigenvalue weighted by molar-refractivity contribution is -0.138. The molecule has 4 nitrogen and oxygen atoms in total. The number of esters is 2. The van der Waals surface area contributed by atoms with Crippen LogP contribution in [0.1, 0.15) is 33.1 Å². The van der Waals surface area contributed by atoms with Crippen molar-refractivity contribution in [3.05, 3.63) is 24.3 Å². The SMILES string of the molecule is CCOC(=O)C=CC1(C=CC(=O)OCC)CCC1. The zero-order valence-electron chi connectivity index (χ0n) is 11.0. The first-order chi connectivity index (χ1) is 8.62. The second-order valence-electron chi connectivity index (χ2n) is 4.26. The Hall–Kier alpha value is -1.58. The molecule has 1 aliphatic carbocycles. The van der Waals surface area contributed by atoms with E-state index in [0.29, 0.717) is 13.2 Å². The monoisotopic (exact) mass is 252 g/mol. The molecule has 1 saturated carbocycles. The average molecular weight is 252 g/mol. The number of carbonyl (C=O) groups is 2. The van der Waals surface area contributed by atoms with Crippen molar-refractivity contribution in [2.24, 2.45) is 5.41 Å². The van der Waals surface area contributed by atoms with E-state index in [1.807, 2.05) is 12.2 Å². The number of allylic oxidation sites excluding steroid dienone is 2. The van der Waals surface area contributed by atoms with Gasteiger partial charge in [0, 0.05) is 17.6 Å². The van der Waals surface area contributed by atoms with Crippen molar-refractivity contribution in [3.8, 4) is 0 Å². The molecular weight excluding hydrogens is 232 g/mol. The van der Waals surface area contributed by atoms with Crippen LogP contribution in [0.15, 0.2) is 24.3 Å². The topological polar surface area (TPSA) is 52.6 Å². The van der Waals surface area contributed by atoms with Crippen LogP contribution in [0.3, 0.4) is 0 Å². The standard InChI is InChI=1S/C14H20O4/c1-3-17-12(15)6-10-14(8-5-9-14)11-7-13(16)18-4-2/h6-7,10-11H,3-5,8-9H2,1-2H3. The third-order valence-electron chi connectivity index (χ3n) is 2.96. The highest BCUT2D eigenvalue weighted by Crippen LogP contribution is 2.43. The molecule has 1 rings (SSSR count). The van der Waals surface area contributed by atoms with Gasteiger partial charge in [0.25, 0.3) is 0 Å². The van der Waals surface area contributed by atoms with Crippen molar-refractivity contribution in [3.63, 3.8) is 0 Å². The summed E-state index contributed by atoms with van der Waals surface area (Å²) in [5, 5.41) is 0. The van der Waals surface area contributed by atoms with Gasteiger partial charge in [-0.25, -0.2) is 9.59 Å². The predicted molar refractivity (Wildman–Crippen MR) is 67.8 cm³/mol. The Morgan fingerprint density at radius 1 is 1.00 bits per heavy atom. The molecule has 0 aromatic carbocycles. The maximum atomic E-state index is 11.2. The zero-order valence-corrected chi connectivity index (χ0v) is 11.0. The molecule has 1 aliphatic rings. The second-order valence-corrected chi connectivity index (χ2v) is 4.26. The molecule has 0 saturated heterocycles. The van der Waals surface area contributed by atoms with E-state index in [2.05, 4.69) is 0 Å². The predicted octanol–water partition coefficient (Wildman–Crippen LogP) is 2.40. The minimum Gasteiger partial charge on any atom is -0.463 e. The van der Waals surface area contributed by atoms with Crippen molar-refractivity contribution in [2.75, 3.05) is 13.2 Å². The van der Waals surface area contributed by atoms with E-state index < -0.39 is 0 Å². The Balaban J connectivity index is 2.57. The average Bonchev–Trinajstić information content (AvgIpc) is 2.28. The summed E-state index contributed by atoms with van der Waals surface area (Å²) in [5.74, 6) is -0.679. The molecule has 0 radical (unpaired) electrons. The summed E-state index contributed by atoms with van der Waals surface area (Å²) in [5.41, 5.74) is -0.181. The summed E-state index contributed by atoms with van der Waals surface area (Å²) in [6.45, 7) is 4.28. The van der Waals surface area contributed by atoms with Crippen molar-refractivity contribution in [1.29, 1.82) is 0 Å². The van der Waals surface area contributed by atoms with Crippen molar-refractivity contribution >= 4 is 11.9 Å². The van der Waals surface area contributed by atoms with Crippen LogP contribution in [0.2, 0.25) is 0 Å². The third-order valence-corrected chi connectivity index (χ3v) is 2.96. The molecular formula is C14H20O4. The Morgan fingerprint density at radius 3 is 1.72 bits per heavy atom. The highest BCUT2D eigenvalue weighted by Gasteiger charge is 2.32. The van der Waals surface area contributed by atoms with Gasteiger partial charge in [-0.05, 0) is 26.7 Å². The van der Waals surface area contributed by atoms with Gasteiger partial charge in [-0.15, -0.1) is 0 Å². The van der Waals surface area contributed by atoms with Crippen LogP contribution in [0.4, 0.5) is 0 Å². The highest BCUT2D eigenvalue weighted by atomic mass is 16.5. The summed E-state index contributed by atoms with van der Waals surface area (Å²) < 4.78 is 9.66. The number of hydrogen-bond acceptors (Lipinski definition) is 4. The molecule has 18 heavy (non-hydrogen) atoms. The molecule has 0 aromatic heterocycles. The first-order valence-electron chi connectivity index (χ1n) is 6.34. The van der Waals surface area contributed by atoms with Gasteiger partial charge in [-0.3, -0.25) is 0 Å². The summed E-state index contributed by atoms with van der Waals surface area (Å²) >= 11 is 0. The van der Waals surface area contributed by atoms with E-state index in [1.54, 1.807) is 13.8 Å². The van der Waals surface area contributed by atoms with Gasteiger partial charge in [0.1, 0.15) is 0 Å². The highest BCUT2D eigenvalue weighted by molar-refractivity contribution is 5.83. The summed E-state index contributed by atoms with van der Waals surface area (Å²) in [4.78, 5) is 22.5. The number of ether oxygens (including phenoxy) is 2. The molecule has 0 unspecified atom stereocenters. The molecule has 1 fully saturated rings. The molecule has 0 aliphatic heterocycles. The van der Waals surface area contributed by atoms with E-state index in [1.165, 1.54) is 12.2 Å². The van der Waals surface area contributed by atoms with Crippen LogP contribution in [-0.4, -0.2) is 25.2 Å². The first-order valence-corrected chi connectivity index (χ1v) is 6.34. The van der Waals surface area contributed by atoms with Crippen molar-refractivity contribution in [1.82, 2.24) is 0 Å². The Kier molecular flexibility index (Phi) is 5.62. The smallest absolute Gasteiger partial charge is 0.330 e. The molecule has 0 aromatic rings. The molecule has 0 bridgehead atoms. The van der Waals surface area contributed by atoms with Crippen LogP contribution >= 0.6 is 0 Å². The summed E-state index contributed by atoms with van der Waals surface area (Å²) in [6.07, 6.45) is 9.52. The second kappa shape index (κ2) is 6.99. The van der Waals surface area contributed by atoms with Crippen molar-refractivity contribution < 1.29 is 19.1 Å². The molecule has 0 amide bonds. The van der Waals surface area contributed by atoms with Crippen LogP contribution < -0.4 is 0 Å². The minimum absolute atomic E-state index is 0.181. The lowest BCUT2D eigenvalue weighted by Crippen LogP contribution is -2.25. The molecule has 4 heteroatoms. The summed E-state index contributed by atoms with van der Waals surface area (Å²) in [6, 6.07) is 0. The fourth-order valence-electron chi connectivity index (χ4n) is 1.82. The van der Waals surface area contributed by atoms with Gasteiger partial charge < -0.3 is 9.47 Å². The number of hydrogen-bond donors (Lipinski definition) is 0. The van der Waals surface area contributed by atoms with Gasteiger partial charge in [0.2, 0.25) is 0 Å². The van der Waals surface area contributed by atoms with Crippen molar-refractivity contribution in [2.45, 2.75) is 33.1 Å². The van der Waals surface area contributed by atoms with Crippen LogP contribution in [0.5, 0.6) is 0 Å².